The largest absolute Gasteiger partial charge is 0.494 e. The van der Waals surface area contributed by atoms with Crippen LogP contribution in [0.2, 0.25) is 0 Å². The van der Waals surface area contributed by atoms with E-state index in [1.165, 1.54) is 25.7 Å². The monoisotopic (exact) mass is 158 g/mol. The van der Waals surface area contributed by atoms with Crippen molar-refractivity contribution in [3.8, 4) is 0 Å². The maximum Gasteiger partial charge on any atom is 0.119 e. The molecule has 1 aliphatic rings. The van der Waals surface area contributed by atoms with Crippen LogP contribution in [-0.2, 0) is 4.74 Å². The summed E-state index contributed by atoms with van der Waals surface area (Å²) in [6.07, 6.45) is 9.29. The number of hydrogen-bond acceptors (Lipinski definition) is 2. The summed E-state index contributed by atoms with van der Waals surface area (Å²) in [4.78, 5) is 0. The summed E-state index contributed by atoms with van der Waals surface area (Å²) in [7, 11) is 0. The van der Waals surface area contributed by atoms with Crippen molar-refractivity contribution in [2.24, 2.45) is 0 Å². The Balaban J connectivity index is 1.81. The molecule has 0 spiro atoms. The average molecular weight is 158 g/mol. The fraction of sp³-hybridized carbons (Fsp3) is 0.750. The van der Waals surface area contributed by atoms with Crippen LogP contribution in [0.3, 0.4) is 0 Å². The van der Waals surface area contributed by atoms with Crippen molar-refractivity contribution < 1.29 is 4.74 Å². The van der Waals surface area contributed by atoms with Crippen LogP contribution in [-0.4, -0.2) is 11.9 Å². The Labute approximate surface area is 67.9 Å². The van der Waals surface area contributed by atoms with Crippen LogP contribution >= 0.6 is 12.6 Å². The van der Waals surface area contributed by atoms with Gasteiger partial charge in [-0.25, -0.2) is 0 Å². The molecule has 1 heterocycles. The molecular formula is C8H14OS. The third kappa shape index (κ3) is 2.65. The first-order chi connectivity index (χ1) is 4.93. The lowest BCUT2D eigenvalue weighted by molar-refractivity contribution is 0.129. The van der Waals surface area contributed by atoms with Gasteiger partial charge in [0.2, 0.25) is 0 Å². The van der Waals surface area contributed by atoms with Gasteiger partial charge in [0.15, 0.2) is 0 Å². The molecule has 0 saturated carbocycles. The molecule has 1 aliphatic heterocycles. The van der Waals surface area contributed by atoms with Crippen LogP contribution in [0.5, 0.6) is 0 Å². The third-order valence-electron chi connectivity index (χ3n) is 1.69. The van der Waals surface area contributed by atoms with E-state index in [2.05, 4.69) is 18.7 Å². The Kier molecular flexibility index (Phi) is 3.73. The SMILES string of the molecule is SCCCCCC1C=CO1. The second-order valence-electron chi connectivity index (χ2n) is 2.58. The van der Waals surface area contributed by atoms with E-state index in [4.69, 9.17) is 4.74 Å². The maximum absolute atomic E-state index is 5.11. The van der Waals surface area contributed by atoms with Gasteiger partial charge in [0.25, 0.3) is 0 Å². The molecule has 0 aliphatic carbocycles. The molecule has 0 aromatic heterocycles. The Morgan fingerprint density at radius 3 is 2.60 bits per heavy atom. The zero-order valence-corrected chi connectivity index (χ0v) is 7.02. The fourth-order valence-electron chi connectivity index (χ4n) is 0.988. The van der Waals surface area contributed by atoms with E-state index < -0.39 is 0 Å². The molecular weight excluding hydrogens is 144 g/mol. The number of rotatable bonds is 5. The van der Waals surface area contributed by atoms with E-state index in [-0.39, 0.29) is 0 Å². The van der Waals surface area contributed by atoms with E-state index in [0.29, 0.717) is 6.10 Å². The lowest BCUT2D eigenvalue weighted by Crippen LogP contribution is -2.13. The van der Waals surface area contributed by atoms with Gasteiger partial charge < -0.3 is 4.74 Å². The predicted octanol–water partition coefficient (Wildman–Crippen LogP) is 2.39. The molecule has 0 amide bonds. The highest BCUT2D eigenvalue weighted by Gasteiger charge is 2.09. The molecule has 1 rings (SSSR count). The normalized spacial score (nSPS) is 21.9. The second kappa shape index (κ2) is 4.67. The number of thiol groups is 1. The lowest BCUT2D eigenvalue weighted by atomic mass is 10.1. The van der Waals surface area contributed by atoms with E-state index in [9.17, 15) is 0 Å². The smallest absolute Gasteiger partial charge is 0.119 e. The van der Waals surface area contributed by atoms with Crippen molar-refractivity contribution in [3.63, 3.8) is 0 Å². The second-order valence-corrected chi connectivity index (χ2v) is 3.02. The van der Waals surface area contributed by atoms with Gasteiger partial charge in [-0.1, -0.05) is 6.42 Å². The average Bonchev–Trinajstić information content (AvgIpc) is 1.84. The van der Waals surface area contributed by atoms with Crippen LogP contribution in [0, 0.1) is 0 Å². The summed E-state index contributed by atoms with van der Waals surface area (Å²) in [6.45, 7) is 0. The molecule has 1 nitrogen and oxygen atoms in total. The maximum atomic E-state index is 5.11. The van der Waals surface area contributed by atoms with Crippen molar-refractivity contribution in [1.29, 1.82) is 0 Å². The number of unbranched alkanes of at least 4 members (excludes halogenated alkanes) is 2. The fourth-order valence-corrected chi connectivity index (χ4v) is 1.21. The van der Waals surface area contributed by atoms with Gasteiger partial charge >= 0.3 is 0 Å². The van der Waals surface area contributed by atoms with Crippen LogP contribution in [0.4, 0.5) is 0 Å². The van der Waals surface area contributed by atoms with E-state index >= 15 is 0 Å². The molecule has 2 heteroatoms. The Morgan fingerprint density at radius 1 is 1.30 bits per heavy atom. The summed E-state index contributed by atoms with van der Waals surface area (Å²) < 4.78 is 5.11. The number of ether oxygens (including phenoxy) is 1. The van der Waals surface area contributed by atoms with Crippen molar-refractivity contribution >= 4 is 12.6 Å². The standard InChI is InChI=1S/C8H14OS/c10-7-3-1-2-4-8-5-6-9-8/h5-6,8,10H,1-4,7H2. The molecule has 1 atom stereocenters. The summed E-state index contributed by atoms with van der Waals surface area (Å²) in [5, 5.41) is 0. The van der Waals surface area contributed by atoms with Gasteiger partial charge in [-0.05, 0) is 31.1 Å². The predicted molar refractivity (Wildman–Crippen MR) is 46.3 cm³/mol. The van der Waals surface area contributed by atoms with Gasteiger partial charge in [0.1, 0.15) is 6.10 Å². The zero-order chi connectivity index (χ0) is 7.23. The van der Waals surface area contributed by atoms with E-state index in [1.807, 2.05) is 0 Å². The summed E-state index contributed by atoms with van der Waals surface area (Å²) in [5.74, 6) is 1.02. The summed E-state index contributed by atoms with van der Waals surface area (Å²) in [6, 6.07) is 0. The van der Waals surface area contributed by atoms with Gasteiger partial charge in [0, 0.05) is 0 Å². The molecule has 58 valence electrons. The Bertz CT molecular complexity index is 112. The third-order valence-corrected chi connectivity index (χ3v) is 2.01. The molecule has 0 aromatic carbocycles. The highest BCUT2D eigenvalue weighted by atomic mass is 32.1. The van der Waals surface area contributed by atoms with Gasteiger partial charge in [0.05, 0.1) is 6.26 Å². The molecule has 0 bridgehead atoms. The molecule has 10 heavy (non-hydrogen) atoms. The highest BCUT2D eigenvalue weighted by molar-refractivity contribution is 7.80. The molecule has 0 radical (unpaired) electrons. The van der Waals surface area contributed by atoms with Crippen LogP contribution in [0.25, 0.3) is 0 Å². The van der Waals surface area contributed by atoms with Gasteiger partial charge in [-0.2, -0.15) is 12.6 Å². The zero-order valence-electron chi connectivity index (χ0n) is 6.12. The molecule has 0 saturated heterocycles. The van der Waals surface area contributed by atoms with E-state index in [0.717, 1.165) is 5.75 Å². The number of hydrogen-bond donors (Lipinski definition) is 1. The first kappa shape index (κ1) is 7.99. The quantitative estimate of drug-likeness (QED) is 0.477. The summed E-state index contributed by atoms with van der Waals surface area (Å²) >= 11 is 4.14. The molecule has 1 unspecified atom stereocenters. The van der Waals surface area contributed by atoms with Crippen molar-refractivity contribution in [3.05, 3.63) is 12.3 Å². The van der Waals surface area contributed by atoms with Crippen molar-refractivity contribution in [2.45, 2.75) is 31.8 Å². The van der Waals surface area contributed by atoms with E-state index in [1.54, 1.807) is 6.26 Å². The van der Waals surface area contributed by atoms with Crippen LogP contribution in [0.15, 0.2) is 12.3 Å². The minimum absolute atomic E-state index is 0.430. The topological polar surface area (TPSA) is 9.23 Å². The minimum atomic E-state index is 0.430. The van der Waals surface area contributed by atoms with Gasteiger partial charge in [-0.3, -0.25) is 0 Å². The molecule has 0 fully saturated rings. The first-order valence-corrected chi connectivity index (χ1v) is 4.50. The van der Waals surface area contributed by atoms with Crippen molar-refractivity contribution in [2.75, 3.05) is 5.75 Å². The molecule has 0 N–H and O–H groups in total. The lowest BCUT2D eigenvalue weighted by Gasteiger charge is -2.18. The van der Waals surface area contributed by atoms with Crippen LogP contribution in [0.1, 0.15) is 25.7 Å². The summed E-state index contributed by atoms with van der Waals surface area (Å²) in [5.41, 5.74) is 0. The first-order valence-electron chi connectivity index (χ1n) is 3.86. The highest BCUT2D eigenvalue weighted by Crippen LogP contribution is 2.14. The Morgan fingerprint density at radius 2 is 2.10 bits per heavy atom. The Hall–Kier alpha value is -0.110. The minimum Gasteiger partial charge on any atom is -0.494 e. The van der Waals surface area contributed by atoms with Crippen molar-refractivity contribution in [1.82, 2.24) is 0 Å². The van der Waals surface area contributed by atoms with Crippen LogP contribution < -0.4 is 0 Å². The molecule has 0 aromatic rings. The van der Waals surface area contributed by atoms with Gasteiger partial charge in [-0.15, -0.1) is 0 Å².